The Labute approximate surface area is 118 Å². The molecule has 0 radical (unpaired) electrons. The fraction of sp³-hybridized carbons (Fsp3) is 0.647. The van der Waals surface area contributed by atoms with E-state index < -0.39 is 0 Å². The normalized spacial score (nSPS) is 22.8. The molecule has 2 heteroatoms. The van der Waals surface area contributed by atoms with Crippen LogP contribution in [0.4, 0.5) is 0 Å². The van der Waals surface area contributed by atoms with Gasteiger partial charge in [0.05, 0.1) is 0 Å². The van der Waals surface area contributed by atoms with Gasteiger partial charge < -0.3 is 10.2 Å². The molecule has 0 bridgehead atoms. The predicted molar refractivity (Wildman–Crippen MR) is 82.4 cm³/mol. The molecule has 1 N–H and O–H groups in total. The van der Waals surface area contributed by atoms with E-state index in [1.54, 1.807) is 0 Å². The zero-order valence-corrected chi connectivity index (χ0v) is 12.8. The third kappa shape index (κ3) is 3.37. The maximum atomic E-state index is 3.70. The van der Waals surface area contributed by atoms with E-state index >= 15 is 0 Å². The lowest BCUT2D eigenvalue weighted by Gasteiger charge is -2.40. The Kier molecular flexibility index (Phi) is 5.00. The molecule has 106 valence electrons. The Hall–Kier alpha value is -0.860. The predicted octanol–water partition coefficient (Wildman–Crippen LogP) is 3.24. The molecule has 0 spiro atoms. The second-order valence-corrected chi connectivity index (χ2v) is 6.17. The van der Waals surface area contributed by atoms with Crippen LogP contribution in [0.3, 0.4) is 0 Å². The number of nitrogens with one attached hydrogen (secondary N) is 1. The van der Waals surface area contributed by atoms with Gasteiger partial charge in [-0.25, -0.2) is 0 Å². The minimum Gasteiger partial charge on any atom is -0.309 e. The van der Waals surface area contributed by atoms with Crippen LogP contribution >= 0.6 is 0 Å². The van der Waals surface area contributed by atoms with Crippen molar-refractivity contribution in [1.29, 1.82) is 0 Å². The first-order valence-electron chi connectivity index (χ1n) is 7.65. The van der Waals surface area contributed by atoms with Gasteiger partial charge in [-0.1, -0.05) is 45.0 Å². The number of hydrogen-bond donors (Lipinski definition) is 1. The summed E-state index contributed by atoms with van der Waals surface area (Å²) in [6.45, 7) is 9.02. The lowest BCUT2D eigenvalue weighted by atomic mass is 9.83. The van der Waals surface area contributed by atoms with Crippen molar-refractivity contribution in [3.63, 3.8) is 0 Å². The fourth-order valence-electron chi connectivity index (χ4n) is 3.39. The van der Waals surface area contributed by atoms with Gasteiger partial charge in [0.25, 0.3) is 0 Å². The third-order valence-corrected chi connectivity index (χ3v) is 4.13. The van der Waals surface area contributed by atoms with E-state index in [4.69, 9.17) is 0 Å². The summed E-state index contributed by atoms with van der Waals surface area (Å²) in [6, 6.07) is 10.0. The van der Waals surface area contributed by atoms with Crippen molar-refractivity contribution in [2.45, 2.75) is 45.7 Å². The van der Waals surface area contributed by atoms with Crippen LogP contribution in [0.15, 0.2) is 24.3 Å². The Bertz CT molecular complexity index is 400. The van der Waals surface area contributed by atoms with Crippen LogP contribution in [0.25, 0.3) is 0 Å². The lowest BCUT2D eigenvalue weighted by Crippen LogP contribution is -2.46. The van der Waals surface area contributed by atoms with E-state index in [1.165, 1.54) is 30.5 Å². The molecule has 1 aromatic carbocycles. The third-order valence-electron chi connectivity index (χ3n) is 4.13. The number of benzene rings is 1. The summed E-state index contributed by atoms with van der Waals surface area (Å²) in [6.07, 6.45) is 2.48. The van der Waals surface area contributed by atoms with Crippen LogP contribution in [-0.4, -0.2) is 31.1 Å². The molecule has 2 nitrogen and oxygen atoms in total. The summed E-state index contributed by atoms with van der Waals surface area (Å²) in [5.41, 5.74) is 3.04. The van der Waals surface area contributed by atoms with Crippen molar-refractivity contribution in [2.24, 2.45) is 5.92 Å². The highest BCUT2D eigenvalue weighted by atomic mass is 15.2. The topological polar surface area (TPSA) is 15.3 Å². The van der Waals surface area contributed by atoms with E-state index in [9.17, 15) is 0 Å². The maximum Gasteiger partial charge on any atom is 0.0480 e. The molecule has 0 amide bonds. The van der Waals surface area contributed by atoms with Crippen molar-refractivity contribution in [3.05, 3.63) is 35.4 Å². The van der Waals surface area contributed by atoms with Gasteiger partial charge in [0.2, 0.25) is 0 Å². The van der Waals surface area contributed by atoms with Crippen molar-refractivity contribution >= 4 is 0 Å². The Morgan fingerprint density at radius 3 is 2.74 bits per heavy atom. The van der Waals surface area contributed by atoms with Gasteiger partial charge in [-0.2, -0.15) is 0 Å². The molecule has 0 heterocycles. The van der Waals surface area contributed by atoms with Gasteiger partial charge in [-0.15, -0.1) is 0 Å². The van der Waals surface area contributed by atoms with Gasteiger partial charge in [0, 0.05) is 18.6 Å². The average molecular weight is 260 g/mol. The number of rotatable bonds is 5. The molecule has 2 atom stereocenters. The monoisotopic (exact) mass is 260 g/mol. The first-order chi connectivity index (χ1) is 9.13. The largest absolute Gasteiger partial charge is 0.309 e. The maximum absolute atomic E-state index is 3.70. The molecule has 0 saturated carbocycles. The molecule has 0 aromatic heterocycles. The van der Waals surface area contributed by atoms with Crippen molar-refractivity contribution < 1.29 is 0 Å². The molecule has 2 rings (SSSR count). The minimum absolute atomic E-state index is 0.485. The quantitative estimate of drug-likeness (QED) is 0.874. The Morgan fingerprint density at radius 2 is 2.05 bits per heavy atom. The average Bonchev–Trinajstić information content (AvgIpc) is 2.38. The fourth-order valence-corrected chi connectivity index (χ4v) is 3.39. The van der Waals surface area contributed by atoms with Crippen LogP contribution in [0.5, 0.6) is 0 Å². The zero-order valence-electron chi connectivity index (χ0n) is 12.8. The molecule has 0 saturated heterocycles. The van der Waals surface area contributed by atoms with Gasteiger partial charge in [-0.3, -0.25) is 0 Å². The van der Waals surface area contributed by atoms with E-state index in [-0.39, 0.29) is 0 Å². The Morgan fingerprint density at radius 1 is 1.32 bits per heavy atom. The minimum atomic E-state index is 0.485. The van der Waals surface area contributed by atoms with E-state index in [2.05, 4.69) is 62.3 Å². The smallest absolute Gasteiger partial charge is 0.0480 e. The highest BCUT2D eigenvalue weighted by Gasteiger charge is 2.31. The van der Waals surface area contributed by atoms with E-state index in [1.807, 2.05) is 0 Å². The molecular weight excluding hydrogens is 232 g/mol. The van der Waals surface area contributed by atoms with E-state index in [0.29, 0.717) is 12.1 Å². The van der Waals surface area contributed by atoms with Crippen LogP contribution in [-0.2, 0) is 6.42 Å². The van der Waals surface area contributed by atoms with E-state index in [0.717, 1.165) is 12.5 Å². The van der Waals surface area contributed by atoms with Crippen LogP contribution in [0, 0.1) is 5.92 Å². The molecule has 1 aliphatic rings. The molecule has 1 aromatic rings. The summed E-state index contributed by atoms with van der Waals surface area (Å²) in [4.78, 5) is 2.55. The highest BCUT2D eigenvalue weighted by molar-refractivity contribution is 5.34. The second kappa shape index (κ2) is 6.53. The summed E-state index contributed by atoms with van der Waals surface area (Å²) in [7, 11) is 2.28. The summed E-state index contributed by atoms with van der Waals surface area (Å²) in [5, 5.41) is 3.70. The first kappa shape index (κ1) is 14.5. The molecular formula is C17H28N2. The van der Waals surface area contributed by atoms with Gasteiger partial charge in [0.1, 0.15) is 0 Å². The van der Waals surface area contributed by atoms with Gasteiger partial charge in [-0.05, 0) is 43.5 Å². The van der Waals surface area contributed by atoms with Crippen LogP contribution in [0.2, 0.25) is 0 Å². The highest BCUT2D eigenvalue weighted by Crippen LogP contribution is 2.32. The van der Waals surface area contributed by atoms with Crippen molar-refractivity contribution in [2.75, 3.05) is 20.1 Å². The molecule has 1 aliphatic carbocycles. The second-order valence-electron chi connectivity index (χ2n) is 6.17. The molecule has 2 unspecified atom stereocenters. The van der Waals surface area contributed by atoms with Gasteiger partial charge >= 0.3 is 0 Å². The van der Waals surface area contributed by atoms with Gasteiger partial charge in [0.15, 0.2) is 0 Å². The number of likely N-dealkylation sites (N-methyl/N-ethyl adjacent to an activating group) is 2. The number of aryl methyl sites for hydroxylation is 1. The summed E-state index contributed by atoms with van der Waals surface area (Å²) in [5.74, 6) is 0.726. The summed E-state index contributed by atoms with van der Waals surface area (Å²) >= 11 is 0. The van der Waals surface area contributed by atoms with Crippen molar-refractivity contribution in [1.82, 2.24) is 10.2 Å². The lowest BCUT2D eigenvalue weighted by molar-refractivity contribution is 0.158. The number of fused-ring (bicyclic) bond motifs is 1. The first-order valence-corrected chi connectivity index (χ1v) is 7.65. The molecule has 0 aliphatic heterocycles. The van der Waals surface area contributed by atoms with Crippen LogP contribution in [0.1, 0.15) is 44.4 Å². The molecule has 0 fully saturated rings. The number of nitrogens with zero attached hydrogens (tertiary/aromatic N) is 1. The van der Waals surface area contributed by atoms with Crippen LogP contribution < -0.4 is 5.32 Å². The van der Waals surface area contributed by atoms with Crippen molar-refractivity contribution in [3.8, 4) is 0 Å². The summed E-state index contributed by atoms with van der Waals surface area (Å²) < 4.78 is 0. The standard InChI is InChI=1S/C17H28N2/c1-5-18-17-15-9-7-6-8-14(15)10-11-16(17)19(4)12-13(2)3/h6-9,13,16-18H,5,10-12H2,1-4H3. The molecule has 19 heavy (non-hydrogen) atoms. The number of hydrogen-bond acceptors (Lipinski definition) is 2. The SMILES string of the molecule is CCNC1c2ccccc2CCC1N(C)CC(C)C. The Balaban J connectivity index is 2.21. The zero-order chi connectivity index (χ0) is 13.8.